The Morgan fingerprint density at radius 2 is 1.82 bits per heavy atom. The zero-order valence-corrected chi connectivity index (χ0v) is 18.9. The molecule has 0 unspecified atom stereocenters. The molecule has 0 amide bonds. The Bertz CT molecular complexity index is 1020. The molecule has 0 bridgehead atoms. The van der Waals surface area contributed by atoms with Crippen molar-refractivity contribution in [2.24, 2.45) is 28.6 Å². The second-order valence-electron chi connectivity index (χ2n) is 10.5. The highest BCUT2D eigenvalue weighted by Gasteiger charge is 2.78. The van der Waals surface area contributed by atoms with E-state index in [1.807, 2.05) is 0 Å². The van der Waals surface area contributed by atoms with Crippen molar-refractivity contribution in [2.75, 3.05) is 0 Å². The maximum atomic E-state index is 17.1. The molecule has 4 aliphatic rings. The molecule has 2 N–H and O–H groups in total. The zero-order valence-electron chi connectivity index (χ0n) is 18.9. The molecular formula is C24H28F2O7. The summed E-state index contributed by atoms with van der Waals surface area (Å²) < 4.78 is 38.0. The van der Waals surface area contributed by atoms with E-state index in [2.05, 4.69) is 0 Å². The number of carbonyl (C=O) groups excluding carboxylic acids is 3. The fourth-order valence-electron chi connectivity index (χ4n) is 7.66. The molecule has 3 fully saturated rings. The van der Waals surface area contributed by atoms with Crippen LogP contribution in [0.2, 0.25) is 0 Å². The van der Waals surface area contributed by atoms with Crippen LogP contribution in [0.15, 0.2) is 23.8 Å². The number of carboxylic acid groups (broad SMARTS) is 1. The summed E-state index contributed by atoms with van der Waals surface area (Å²) in [5.41, 5.74) is -7.58. The lowest BCUT2D eigenvalue weighted by Crippen LogP contribution is -2.71. The Hall–Kier alpha value is -2.42. The summed E-state index contributed by atoms with van der Waals surface area (Å²) in [5.74, 6) is -7.14. The molecule has 4 aliphatic carbocycles. The van der Waals surface area contributed by atoms with Crippen molar-refractivity contribution in [1.82, 2.24) is 0 Å². The van der Waals surface area contributed by atoms with Crippen LogP contribution in [0.4, 0.5) is 8.78 Å². The van der Waals surface area contributed by atoms with Gasteiger partial charge in [0.25, 0.3) is 5.78 Å². The van der Waals surface area contributed by atoms with Crippen molar-refractivity contribution in [1.29, 1.82) is 0 Å². The number of esters is 1. The molecular weight excluding hydrogens is 438 g/mol. The van der Waals surface area contributed by atoms with Crippen LogP contribution in [0.5, 0.6) is 0 Å². The van der Waals surface area contributed by atoms with Gasteiger partial charge in [0.1, 0.15) is 6.17 Å². The van der Waals surface area contributed by atoms with Gasteiger partial charge < -0.3 is 14.9 Å². The molecule has 33 heavy (non-hydrogen) atoms. The molecule has 9 heteroatoms. The van der Waals surface area contributed by atoms with E-state index in [1.54, 1.807) is 6.92 Å². The normalized spacial score (nSPS) is 48.3. The van der Waals surface area contributed by atoms with Gasteiger partial charge in [-0.3, -0.25) is 14.4 Å². The van der Waals surface area contributed by atoms with Gasteiger partial charge in [-0.15, -0.1) is 0 Å². The number of carbonyl (C=O) groups is 4. The molecule has 3 saturated carbocycles. The number of halogens is 2. The molecule has 0 aromatic heterocycles. The summed E-state index contributed by atoms with van der Waals surface area (Å²) in [7, 11) is 0. The van der Waals surface area contributed by atoms with Crippen LogP contribution in [0.1, 0.15) is 47.0 Å². The van der Waals surface area contributed by atoms with Crippen molar-refractivity contribution >= 4 is 23.5 Å². The van der Waals surface area contributed by atoms with Crippen molar-refractivity contribution in [2.45, 2.75) is 70.5 Å². The standard InChI is InChI=1S/C24H28F2O7/c1-11-7-14-15-9-17(25)16-8-13(28)5-6-21(16,3)23(15,26)18(29)10-22(14,4)24(11,33-12(2)27)19(30)20(31)32/h5-6,8,11,14-15,17-18,29H,7,9-10H2,1-4H3,(H,31,32)/t11-,14+,15+,17+,18+,21+,22+,23+,24+/m1/s1. The number of aliphatic hydroxyl groups is 1. The Kier molecular flexibility index (Phi) is 5.06. The average Bonchev–Trinajstić information content (AvgIpc) is 2.92. The van der Waals surface area contributed by atoms with E-state index in [0.717, 1.165) is 19.1 Å². The number of alkyl halides is 2. The first-order chi connectivity index (χ1) is 15.2. The number of Topliss-reactive ketones (excluding diaryl/α,β-unsaturated/α-hetero) is 1. The monoisotopic (exact) mass is 466 g/mol. The number of rotatable bonds is 3. The minimum absolute atomic E-state index is 0.0321. The molecule has 0 aliphatic heterocycles. The SMILES string of the molecule is CC(=O)O[C@]1(C(=O)C(=O)O)[C@H](C)C[C@H]2[C@@H]3C[C@H](F)C4=CC(=O)C=C[C@]4(C)[C@@]3(F)[C@@H](O)C[C@@]21C. The Morgan fingerprint density at radius 3 is 2.39 bits per heavy atom. The molecule has 0 saturated heterocycles. The van der Waals surface area contributed by atoms with Crippen LogP contribution in [0, 0.1) is 28.6 Å². The second-order valence-corrected chi connectivity index (χ2v) is 10.5. The van der Waals surface area contributed by atoms with Gasteiger partial charge in [0.2, 0.25) is 0 Å². The van der Waals surface area contributed by atoms with Crippen LogP contribution in [-0.2, 0) is 23.9 Å². The van der Waals surface area contributed by atoms with Crippen molar-refractivity contribution in [3.8, 4) is 0 Å². The molecule has 0 radical (unpaired) electrons. The van der Waals surface area contributed by atoms with E-state index < -0.39 is 75.6 Å². The van der Waals surface area contributed by atoms with Crippen LogP contribution in [0.3, 0.4) is 0 Å². The zero-order chi connectivity index (χ0) is 24.7. The van der Waals surface area contributed by atoms with Gasteiger partial charge in [-0.1, -0.05) is 19.9 Å². The summed E-state index contributed by atoms with van der Waals surface area (Å²) in [6, 6.07) is 0. The maximum Gasteiger partial charge on any atom is 0.376 e. The van der Waals surface area contributed by atoms with Crippen LogP contribution >= 0.6 is 0 Å². The topological polar surface area (TPSA) is 118 Å². The number of ether oxygens (including phenoxy) is 1. The fraction of sp³-hybridized carbons (Fsp3) is 0.667. The average molecular weight is 466 g/mol. The lowest BCUT2D eigenvalue weighted by Gasteiger charge is -2.63. The summed E-state index contributed by atoms with van der Waals surface area (Å²) in [5, 5.41) is 20.8. The molecule has 0 spiro atoms. The summed E-state index contributed by atoms with van der Waals surface area (Å²) in [6.07, 6.45) is -0.466. The number of fused-ring (bicyclic) bond motifs is 5. The first-order valence-electron chi connectivity index (χ1n) is 11.1. The van der Waals surface area contributed by atoms with Gasteiger partial charge in [-0.2, -0.15) is 0 Å². The molecule has 0 aromatic rings. The fourth-order valence-corrected chi connectivity index (χ4v) is 7.66. The largest absolute Gasteiger partial charge is 0.475 e. The minimum atomic E-state index is -2.37. The molecule has 0 heterocycles. The highest BCUT2D eigenvalue weighted by Crippen LogP contribution is 2.71. The number of ketones is 2. The van der Waals surface area contributed by atoms with E-state index >= 15 is 8.78 Å². The predicted octanol–water partition coefficient (Wildman–Crippen LogP) is 2.51. The molecule has 0 aromatic carbocycles. The van der Waals surface area contributed by atoms with Crippen LogP contribution < -0.4 is 0 Å². The molecule has 9 atom stereocenters. The third kappa shape index (κ3) is 2.68. The highest BCUT2D eigenvalue weighted by molar-refractivity contribution is 6.36. The van der Waals surface area contributed by atoms with Gasteiger partial charge in [0.05, 0.1) is 6.10 Å². The van der Waals surface area contributed by atoms with Crippen LogP contribution in [-0.4, -0.2) is 57.3 Å². The van der Waals surface area contributed by atoms with E-state index in [9.17, 15) is 29.4 Å². The third-order valence-electron chi connectivity index (χ3n) is 9.00. The lowest BCUT2D eigenvalue weighted by molar-refractivity contribution is -0.230. The molecule has 4 rings (SSSR count). The predicted molar refractivity (Wildman–Crippen MR) is 110 cm³/mol. The smallest absolute Gasteiger partial charge is 0.376 e. The van der Waals surface area contributed by atoms with Gasteiger partial charge in [0.15, 0.2) is 17.1 Å². The second kappa shape index (κ2) is 7.04. The van der Waals surface area contributed by atoms with Crippen LogP contribution in [0.25, 0.3) is 0 Å². The summed E-state index contributed by atoms with van der Waals surface area (Å²) in [6.45, 7) is 5.59. The number of hydrogen-bond acceptors (Lipinski definition) is 6. The lowest BCUT2D eigenvalue weighted by atomic mass is 9.44. The first-order valence-corrected chi connectivity index (χ1v) is 11.1. The minimum Gasteiger partial charge on any atom is -0.475 e. The molecule has 180 valence electrons. The van der Waals surface area contributed by atoms with Gasteiger partial charge >= 0.3 is 11.9 Å². The van der Waals surface area contributed by atoms with Crippen molar-refractivity contribution < 1.29 is 42.9 Å². The van der Waals surface area contributed by atoms with Gasteiger partial charge in [-0.05, 0) is 49.8 Å². The highest BCUT2D eigenvalue weighted by atomic mass is 19.1. The van der Waals surface area contributed by atoms with Crippen molar-refractivity contribution in [3.05, 3.63) is 23.8 Å². The quantitative estimate of drug-likeness (QED) is 0.485. The number of hydrogen-bond donors (Lipinski definition) is 2. The van der Waals surface area contributed by atoms with Gasteiger partial charge in [0, 0.05) is 29.6 Å². The number of carboxylic acids is 1. The van der Waals surface area contributed by atoms with E-state index in [0.29, 0.717) is 0 Å². The third-order valence-corrected chi connectivity index (χ3v) is 9.00. The summed E-state index contributed by atoms with van der Waals surface area (Å²) in [4.78, 5) is 48.8. The maximum absolute atomic E-state index is 17.1. The van der Waals surface area contributed by atoms with E-state index in [4.69, 9.17) is 4.74 Å². The van der Waals surface area contributed by atoms with Gasteiger partial charge in [-0.25, -0.2) is 13.6 Å². The summed E-state index contributed by atoms with van der Waals surface area (Å²) >= 11 is 0. The number of aliphatic hydroxyl groups excluding tert-OH is 1. The van der Waals surface area contributed by atoms with E-state index in [1.165, 1.54) is 19.9 Å². The number of aliphatic carboxylic acids is 1. The Morgan fingerprint density at radius 1 is 1.18 bits per heavy atom. The Balaban J connectivity index is 1.91. The first kappa shape index (κ1) is 23.7. The Labute approximate surface area is 189 Å². The number of allylic oxidation sites excluding steroid dienone is 4. The molecule has 7 nitrogen and oxygen atoms in total. The van der Waals surface area contributed by atoms with Crippen molar-refractivity contribution in [3.63, 3.8) is 0 Å². The van der Waals surface area contributed by atoms with E-state index in [-0.39, 0.29) is 24.8 Å².